The van der Waals surface area contributed by atoms with Crippen molar-refractivity contribution in [3.63, 3.8) is 0 Å². The molecule has 0 spiro atoms. The van der Waals surface area contributed by atoms with Crippen LogP contribution in [-0.2, 0) is 15.6 Å². The Hall–Kier alpha value is -1.72. The van der Waals surface area contributed by atoms with Gasteiger partial charge in [-0.3, -0.25) is 0 Å². The van der Waals surface area contributed by atoms with E-state index in [4.69, 9.17) is 0 Å². The van der Waals surface area contributed by atoms with Gasteiger partial charge in [0.05, 0.1) is 17.6 Å². The molecule has 0 amide bonds. The molecule has 2 aromatic carbocycles. The van der Waals surface area contributed by atoms with Gasteiger partial charge in [-0.25, -0.2) is 12.8 Å². The summed E-state index contributed by atoms with van der Waals surface area (Å²) in [5.74, 6) is -0.902. The largest absolute Gasteiger partial charge is 0.387 e. The molecular formula is C17H19FO3S. The second-order valence-corrected chi connectivity index (χ2v) is 7.61. The van der Waals surface area contributed by atoms with Crippen LogP contribution in [0.4, 0.5) is 4.39 Å². The molecule has 0 aliphatic heterocycles. The van der Waals surface area contributed by atoms with E-state index in [9.17, 15) is 17.9 Å². The predicted molar refractivity (Wildman–Crippen MR) is 84.8 cm³/mol. The maximum Gasteiger partial charge on any atom is 0.157 e. The van der Waals surface area contributed by atoms with Gasteiger partial charge in [-0.15, -0.1) is 0 Å². The molecule has 118 valence electrons. The SMILES string of the molecule is Cc1ccccc1CS(=O)(=O)CC(O)c1ccc(F)cc1C. The lowest BCUT2D eigenvalue weighted by Crippen LogP contribution is -2.17. The van der Waals surface area contributed by atoms with E-state index >= 15 is 0 Å². The number of hydrogen-bond donors (Lipinski definition) is 1. The van der Waals surface area contributed by atoms with E-state index in [-0.39, 0.29) is 11.5 Å². The Kier molecular flexibility index (Phi) is 4.98. The van der Waals surface area contributed by atoms with E-state index in [0.717, 1.165) is 11.1 Å². The normalized spacial score (nSPS) is 13.1. The van der Waals surface area contributed by atoms with Crippen LogP contribution in [0.5, 0.6) is 0 Å². The highest BCUT2D eigenvalue weighted by molar-refractivity contribution is 7.90. The monoisotopic (exact) mass is 322 g/mol. The van der Waals surface area contributed by atoms with Crippen LogP contribution in [0.2, 0.25) is 0 Å². The molecule has 0 bridgehead atoms. The van der Waals surface area contributed by atoms with Gasteiger partial charge in [0.1, 0.15) is 5.82 Å². The molecule has 0 fully saturated rings. The van der Waals surface area contributed by atoms with Gasteiger partial charge in [0.25, 0.3) is 0 Å². The van der Waals surface area contributed by atoms with Crippen molar-refractivity contribution in [2.75, 3.05) is 5.75 Å². The van der Waals surface area contributed by atoms with Gasteiger partial charge >= 0.3 is 0 Å². The zero-order valence-corrected chi connectivity index (χ0v) is 13.4. The smallest absolute Gasteiger partial charge is 0.157 e. The van der Waals surface area contributed by atoms with Crippen molar-refractivity contribution in [1.29, 1.82) is 0 Å². The van der Waals surface area contributed by atoms with E-state index in [0.29, 0.717) is 11.1 Å². The molecule has 0 saturated heterocycles. The summed E-state index contributed by atoms with van der Waals surface area (Å²) in [5, 5.41) is 10.2. The fraction of sp³-hybridized carbons (Fsp3) is 0.294. The van der Waals surface area contributed by atoms with Gasteiger partial charge in [-0.05, 0) is 48.2 Å². The maximum atomic E-state index is 13.1. The summed E-state index contributed by atoms with van der Waals surface area (Å²) < 4.78 is 37.6. The summed E-state index contributed by atoms with van der Waals surface area (Å²) >= 11 is 0. The molecule has 22 heavy (non-hydrogen) atoms. The van der Waals surface area contributed by atoms with E-state index in [2.05, 4.69) is 0 Å². The van der Waals surface area contributed by atoms with Crippen LogP contribution in [0.1, 0.15) is 28.4 Å². The summed E-state index contributed by atoms with van der Waals surface area (Å²) in [4.78, 5) is 0. The third-order valence-corrected chi connectivity index (χ3v) is 5.21. The van der Waals surface area contributed by atoms with Crippen LogP contribution in [-0.4, -0.2) is 19.3 Å². The first kappa shape index (κ1) is 16.6. The number of hydrogen-bond acceptors (Lipinski definition) is 3. The van der Waals surface area contributed by atoms with E-state index in [1.165, 1.54) is 18.2 Å². The molecule has 0 radical (unpaired) electrons. The fourth-order valence-corrected chi connectivity index (χ4v) is 3.99. The molecule has 3 nitrogen and oxygen atoms in total. The lowest BCUT2D eigenvalue weighted by Gasteiger charge is -2.15. The summed E-state index contributed by atoms with van der Waals surface area (Å²) in [6.07, 6.45) is -1.16. The number of sulfone groups is 1. The number of aliphatic hydroxyl groups excluding tert-OH is 1. The van der Waals surface area contributed by atoms with Crippen LogP contribution in [0.15, 0.2) is 42.5 Å². The lowest BCUT2D eigenvalue weighted by molar-refractivity contribution is 0.201. The van der Waals surface area contributed by atoms with Gasteiger partial charge in [-0.2, -0.15) is 0 Å². The molecule has 5 heteroatoms. The van der Waals surface area contributed by atoms with Crippen molar-refractivity contribution in [3.8, 4) is 0 Å². The maximum absolute atomic E-state index is 13.1. The molecule has 2 rings (SSSR count). The highest BCUT2D eigenvalue weighted by Crippen LogP contribution is 2.22. The second kappa shape index (κ2) is 6.58. The number of aliphatic hydroxyl groups is 1. The molecule has 2 aromatic rings. The standard InChI is InChI=1S/C17H19FO3S/c1-12-5-3-4-6-14(12)10-22(20,21)11-17(19)16-8-7-15(18)9-13(16)2/h3-9,17,19H,10-11H2,1-2H3. The Bertz CT molecular complexity index is 769. The van der Waals surface area contributed by atoms with E-state index in [1.54, 1.807) is 19.1 Å². The highest BCUT2D eigenvalue weighted by Gasteiger charge is 2.21. The minimum absolute atomic E-state index is 0.114. The van der Waals surface area contributed by atoms with Gasteiger partial charge in [-0.1, -0.05) is 30.3 Å². The van der Waals surface area contributed by atoms with Crippen molar-refractivity contribution in [2.45, 2.75) is 25.7 Å². The van der Waals surface area contributed by atoms with Crippen LogP contribution < -0.4 is 0 Å². The Morgan fingerprint density at radius 3 is 2.41 bits per heavy atom. The van der Waals surface area contributed by atoms with Gasteiger partial charge < -0.3 is 5.11 Å². The summed E-state index contributed by atoms with van der Waals surface area (Å²) in [6, 6.07) is 11.2. The molecule has 1 N–H and O–H groups in total. The van der Waals surface area contributed by atoms with Gasteiger partial charge in [0, 0.05) is 0 Å². The third-order valence-electron chi connectivity index (χ3n) is 3.64. The van der Waals surface area contributed by atoms with Crippen molar-refractivity contribution in [1.82, 2.24) is 0 Å². The minimum Gasteiger partial charge on any atom is -0.387 e. The third kappa shape index (κ3) is 4.15. The summed E-state index contributed by atoms with van der Waals surface area (Å²) in [5.41, 5.74) is 2.61. The zero-order chi connectivity index (χ0) is 16.3. The highest BCUT2D eigenvalue weighted by atomic mass is 32.2. The first-order chi connectivity index (χ1) is 10.3. The van der Waals surface area contributed by atoms with Gasteiger partial charge in [0.2, 0.25) is 0 Å². The van der Waals surface area contributed by atoms with Crippen LogP contribution in [0, 0.1) is 19.7 Å². The zero-order valence-electron chi connectivity index (χ0n) is 12.6. The Morgan fingerprint density at radius 2 is 1.77 bits per heavy atom. The van der Waals surface area contributed by atoms with Crippen LogP contribution in [0.25, 0.3) is 0 Å². The van der Waals surface area contributed by atoms with Crippen LogP contribution >= 0.6 is 0 Å². The fourth-order valence-electron chi connectivity index (χ4n) is 2.41. The van der Waals surface area contributed by atoms with Crippen LogP contribution in [0.3, 0.4) is 0 Å². The summed E-state index contributed by atoms with van der Waals surface area (Å²) in [7, 11) is -3.48. The number of halogens is 1. The topological polar surface area (TPSA) is 54.4 Å². The average molecular weight is 322 g/mol. The van der Waals surface area contributed by atoms with Gasteiger partial charge in [0.15, 0.2) is 9.84 Å². The number of aryl methyl sites for hydroxylation is 2. The van der Waals surface area contributed by atoms with Crippen molar-refractivity contribution < 1.29 is 17.9 Å². The number of benzene rings is 2. The first-order valence-corrected chi connectivity index (χ1v) is 8.80. The molecule has 0 saturated carbocycles. The first-order valence-electron chi connectivity index (χ1n) is 6.97. The molecule has 1 atom stereocenters. The molecule has 0 aliphatic rings. The van der Waals surface area contributed by atoms with Crippen molar-refractivity contribution >= 4 is 9.84 Å². The molecular weight excluding hydrogens is 303 g/mol. The number of rotatable bonds is 5. The van der Waals surface area contributed by atoms with E-state index in [1.807, 2.05) is 19.1 Å². The predicted octanol–water partition coefficient (Wildman–Crippen LogP) is 3.09. The second-order valence-electron chi connectivity index (χ2n) is 5.50. The summed E-state index contributed by atoms with van der Waals surface area (Å²) in [6.45, 7) is 3.50. The average Bonchev–Trinajstić information content (AvgIpc) is 2.40. The molecule has 1 unspecified atom stereocenters. The Labute approximate surface area is 130 Å². The van der Waals surface area contributed by atoms with Crippen molar-refractivity contribution in [3.05, 3.63) is 70.5 Å². The van der Waals surface area contributed by atoms with E-state index < -0.39 is 21.8 Å². The lowest BCUT2D eigenvalue weighted by atomic mass is 10.0. The van der Waals surface area contributed by atoms with Crippen molar-refractivity contribution in [2.24, 2.45) is 0 Å². The minimum atomic E-state index is -3.48. The molecule has 0 aromatic heterocycles. The Morgan fingerprint density at radius 1 is 1.09 bits per heavy atom. The molecule has 0 heterocycles. The Balaban J connectivity index is 2.16. The quantitative estimate of drug-likeness (QED) is 0.920. The molecule has 0 aliphatic carbocycles.